The van der Waals surface area contributed by atoms with Crippen molar-refractivity contribution in [1.82, 2.24) is 4.57 Å². The first-order valence-electron chi connectivity index (χ1n) is 7.63. The lowest BCUT2D eigenvalue weighted by Gasteiger charge is -2.09. The van der Waals surface area contributed by atoms with Gasteiger partial charge in [-0.15, -0.1) is 0 Å². The van der Waals surface area contributed by atoms with Crippen LogP contribution in [-0.2, 0) is 27.8 Å². The third kappa shape index (κ3) is 5.25. The average Bonchev–Trinajstić information content (AvgIpc) is 2.94. The van der Waals surface area contributed by atoms with Gasteiger partial charge in [-0.2, -0.15) is 13.2 Å². The maximum atomic E-state index is 12.5. The molecule has 1 amide bonds. The Morgan fingerprint density at radius 3 is 2.32 bits per heavy atom. The van der Waals surface area contributed by atoms with Crippen molar-refractivity contribution in [1.29, 1.82) is 0 Å². The second-order valence-electron chi connectivity index (χ2n) is 5.63. The topological polar surface area (TPSA) is 115 Å². The van der Waals surface area contributed by atoms with Gasteiger partial charge >= 0.3 is 18.2 Å². The normalized spacial score (nSPS) is 11.9. The average molecular weight is 420 g/mol. The van der Waals surface area contributed by atoms with E-state index in [1.54, 1.807) is 0 Å². The van der Waals surface area contributed by atoms with Crippen molar-refractivity contribution >= 4 is 27.6 Å². The molecule has 12 heteroatoms. The van der Waals surface area contributed by atoms with E-state index in [-0.39, 0.29) is 16.3 Å². The van der Waals surface area contributed by atoms with Crippen LogP contribution in [0, 0.1) is 0 Å². The Balaban J connectivity index is 1.92. The van der Waals surface area contributed by atoms with Crippen molar-refractivity contribution in [2.45, 2.75) is 11.1 Å². The summed E-state index contributed by atoms with van der Waals surface area (Å²) in [6.07, 6.45) is -4.27. The molecule has 0 saturated carbocycles. The number of benzene rings is 1. The van der Waals surface area contributed by atoms with Crippen LogP contribution >= 0.6 is 0 Å². The fourth-order valence-corrected chi connectivity index (χ4v) is 3.30. The minimum atomic E-state index is -4.58. The van der Waals surface area contributed by atoms with E-state index in [9.17, 15) is 31.2 Å². The Morgan fingerprint density at radius 2 is 1.82 bits per heavy atom. The molecule has 0 unspecified atom stereocenters. The number of carbonyl (C=O) groups is 2. The van der Waals surface area contributed by atoms with Crippen LogP contribution in [0.15, 0.2) is 41.4 Å². The molecule has 0 radical (unpaired) electrons. The number of halogens is 3. The number of aromatic nitrogens is 1. The number of sulfone groups is 1. The van der Waals surface area contributed by atoms with Gasteiger partial charge in [-0.1, -0.05) is 0 Å². The highest BCUT2D eigenvalue weighted by Crippen LogP contribution is 2.29. The van der Waals surface area contributed by atoms with Gasteiger partial charge < -0.3 is 14.4 Å². The SMILES string of the molecule is Cn1cc(NC(=O)OCCS(=O)(=O)c2ccc(C(F)(F)F)cc2)cc1C(=O)O. The Kier molecular flexibility index (Phi) is 6.02. The zero-order valence-electron chi connectivity index (χ0n) is 14.4. The van der Waals surface area contributed by atoms with Crippen LogP contribution in [0.1, 0.15) is 16.1 Å². The smallest absolute Gasteiger partial charge is 0.416 e. The minimum absolute atomic E-state index is 0.0832. The Bertz CT molecular complexity index is 981. The summed E-state index contributed by atoms with van der Waals surface area (Å²) in [6.45, 7) is -0.548. The van der Waals surface area contributed by atoms with Gasteiger partial charge in [0.1, 0.15) is 12.3 Å². The number of carboxylic acids is 1. The van der Waals surface area contributed by atoms with Crippen LogP contribution in [-0.4, -0.2) is 42.5 Å². The fraction of sp³-hybridized carbons (Fsp3) is 0.250. The molecule has 2 rings (SSSR count). The van der Waals surface area contributed by atoms with E-state index in [2.05, 4.69) is 5.32 Å². The summed E-state index contributed by atoms with van der Waals surface area (Å²) < 4.78 is 67.7. The largest absolute Gasteiger partial charge is 0.477 e. The molecule has 2 aromatic rings. The van der Waals surface area contributed by atoms with Crippen molar-refractivity contribution in [3.8, 4) is 0 Å². The van der Waals surface area contributed by atoms with Crippen molar-refractivity contribution in [3.05, 3.63) is 47.8 Å². The second kappa shape index (κ2) is 7.92. The van der Waals surface area contributed by atoms with Gasteiger partial charge in [0.25, 0.3) is 0 Å². The predicted molar refractivity (Wildman–Crippen MR) is 90.8 cm³/mol. The molecular weight excluding hydrogens is 405 g/mol. The van der Waals surface area contributed by atoms with Gasteiger partial charge in [-0.3, -0.25) is 5.32 Å². The van der Waals surface area contributed by atoms with Gasteiger partial charge in [-0.25, -0.2) is 18.0 Å². The molecule has 28 heavy (non-hydrogen) atoms. The molecule has 0 aliphatic carbocycles. The number of nitrogens with zero attached hydrogens (tertiary/aromatic N) is 1. The maximum absolute atomic E-state index is 12.5. The van der Waals surface area contributed by atoms with E-state index in [4.69, 9.17) is 9.84 Å². The first-order chi connectivity index (χ1) is 12.9. The first-order valence-corrected chi connectivity index (χ1v) is 9.29. The summed E-state index contributed by atoms with van der Waals surface area (Å²) in [5.74, 6) is -1.84. The number of nitrogens with one attached hydrogen (secondary N) is 1. The lowest BCUT2D eigenvalue weighted by atomic mass is 10.2. The van der Waals surface area contributed by atoms with Gasteiger partial charge in [0.05, 0.1) is 21.9 Å². The number of anilines is 1. The number of aromatic carboxylic acids is 1. The van der Waals surface area contributed by atoms with Crippen LogP contribution in [0.5, 0.6) is 0 Å². The zero-order valence-corrected chi connectivity index (χ0v) is 15.2. The van der Waals surface area contributed by atoms with Gasteiger partial charge in [0, 0.05) is 13.2 Å². The highest BCUT2D eigenvalue weighted by atomic mass is 32.2. The number of ether oxygens (including phenoxy) is 1. The first kappa shape index (κ1) is 21.3. The van der Waals surface area contributed by atoms with Gasteiger partial charge in [0.2, 0.25) is 0 Å². The van der Waals surface area contributed by atoms with Crippen LogP contribution < -0.4 is 5.32 Å². The highest BCUT2D eigenvalue weighted by Gasteiger charge is 2.30. The van der Waals surface area contributed by atoms with E-state index in [0.29, 0.717) is 12.1 Å². The van der Waals surface area contributed by atoms with Crippen molar-refractivity contribution in [3.63, 3.8) is 0 Å². The Labute approximate surface area is 157 Å². The van der Waals surface area contributed by atoms with E-state index in [0.717, 1.165) is 12.1 Å². The number of carbonyl (C=O) groups excluding carboxylic acids is 1. The van der Waals surface area contributed by atoms with Crippen molar-refractivity contribution in [2.24, 2.45) is 7.05 Å². The number of alkyl halides is 3. The molecule has 0 aliphatic rings. The molecule has 0 fully saturated rings. The van der Waals surface area contributed by atoms with E-state index < -0.39 is 46.0 Å². The highest BCUT2D eigenvalue weighted by molar-refractivity contribution is 7.91. The lowest BCUT2D eigenvalue weighted by molar-refractivity contribution is -0.137. The third-order valence-corrected chi connectivity index (χ3v) is 5.29. The minimum Gasteiger partial charge on any atom is -0.477 e. The summed E-state index contributed by atoms with van der Waals surface area (Å²) in [5.41, 5.74) is -0.929. The van der Waals surface area contributed by atoms with E-state index in [1.165, 1.54) is 23.9 Å². The van der Waals surface area contributed by atoms with Gasteiger partial charge in [0.15, 0.2) is 9.84 Å². The monoisotopic (exact) mass is 420 g/mol. The molecular formula is C16H15F3N2O6S. The lowest BCUT2D eigenvalue weighted by Crippen LogP contribution is -2.19. The molecule has 0 atom stereocenters. The number of hydrogen-bond donors (Lipinski definition) is 2. The number of aryl methyl sites for hydroxylation is 1. The summed E-state index contributed by atoms with van der Waals surface area (Å²) >= 11 is 0. The van der Waals surface area contributed by atoms with Crippen molar-refractivity contribution < 1.29 is 41.0 Å². The summed E-state index contributed by atoms with van der Waals surface area (Å²) in [4.78, 5) is 22.3. The molecule has 0 saturated heterocycles. The Hall–Kier alpha value is -3.02. The quantitative estimate of drug-likeness (QED) is 0.743. The number of hydrogen-bond acceptors (Lipinski definition) is 5. The molecule has 0 bridgehead atoms. The van der Waals surface area contributed by atoms with Crippen molar-refractivity contribution in [2.75, 3.05) is 17.7 Å². The second-order valence-corrected chi connectivity index (χ2v) is 7.74. The van der Waals surface area contributed by atoms with E-state index in [1.807, 2.05) is 0 Å². The predicted octanol–water partition coefficient (Wildman–Crippen LogP) is 2.76. The van der Waals surface area contributed by atoms with Gasteiger partial charge in [-0.05, 0) is 30.3 Å². The summed E-state index contributed by atoms with van der Waals surface area (Å²) in [7, 11) is -2.50. The molecule has 0 aliphatic heterocycles. The summed E-state index contributed by atoms with van der Waals surface area (Å²) in [6, 6.07) is 4.14. The fourth-order valence-electron chi connectivity index (χ4n) is 2.21. The molecule has 1 aromatic heterocycles. The maximum Gasteiger partial charge on any atom is 0.416 e. The molecule has 2 N–H and O–H groups in total. The number of carboxylic acid groups (broad SMARTS) is 1. The number of amides is 1. The van der Waals surface area contributed by atoms with E-state index >= 15 is 0 Å². The third-order valence-electron chi connectivity index (χ3n) is 3.60. The van der Waals surface area contributed by atoms with Crippen LogP contribution in [0.4, 0.5) is 23.7 Å². The zero-order chi connectivity index (χ0) is 21.1. The molecule has 1 aromatic carbocycles. The van der Waals surface area contributed by atoms with Crippen LogP contribution in [0.25, 0.3) is 0 Å². The van der Waals surface area contributed by atoms with Crippen LogP contribution in [0.2, 0.25) is 0 Å². The number of rotatable bonds is 6. The standard InChI is InChI=1S/C16H15F3N2O6S/c1-21-9-11(8-13(21)14(22)23)20-15(24)27-6-7-28(25,26)12-4-2-10(3-5-12)16(17,18)19/h2-5,8-9H,6-7H2,1H3,(H,20,24)(H,22,23). The molecule has 152 valence electrons. The molecule has 8 nitrogen and oxygen atoms in total. The van der Waals surface area contributed by atoms with Crippen LogP contribution in [0.3, 0.4) is 0 Å². The Morgan fingerprint density at radius 1 is 1.21 bits per heavy atom. The summed E-state index contributed by atoms with van der Waals surface area (Å²) in [5, 5.41) is 11.2. The molecule has 1 heterocycles. The molecule has 0 spiro atoms.